The summed E-state index contributed by atoms with van der Waals surface area (Å²) in [5.74, 6) is 0.993. The quantitative estimate of drug-likeness (QED) is 0.485. The Balaban J connectivity index is 1.66. The summed E-state index contributed by atoms with van der Waals surface area (Å²) in [6, 6.07) is 11.8. The molecule has 1 fully saturated rings. The average Bonchev–Trinajstić information content (AvgIpc) is 3.41. The maximum Gasteiger partial charge on any atom is 0.132 e. The summed E-state index contributed by atoms with van der Waals surface area (Å²) in [7, 11) is 0. The van der Waals surface area contributed by atoms with E-state index in [-0.39, 0.29) is 5.54 Å². The first kappa shape index (κ1) is 18.4. The number of aromatic nitrogens is 5. The maximum atomic E-state index is 5.00. The number of H-pyrrole nitrogens is 1. The van der Waals surface area contributed by atoms with E-state index in [1.165, 1.54) is 5.56 Å². The summed E-state index contributed by atoms with van der Waals surface area (Å²) in [5.41, 5.74) is 6.14. The minimum atomic E-state index is -0.249. The van der Waals surface area contributed by atoms with Gasteiger partial charge in [-0.15, -0.1) is 4.80 Å². The van der Waals surface area contributed by atoms with Crippen molar-refractivity contribution in [3.05, 3.63) is 64.1 Å². The molecular formula is C22H22BrN6. The number of aromatic amines is 1. The Kier molecular flexibility index (Phi) is 4.24. The maximum absolute atomic E-state index is 5.00. The number of hydrogen-bond donors (Lipinski definition) is 1. The highest BCUT2D eigenvalue weighted by Gasteiger charge is 2.42. The summed E-state index contributed by atoms with van der Waals surface area (Å²) in [6.07, 6.45) is 5.50. The molecule has 4 aromatic rings. The predicted molar refractivity (Wildman–Crippen MR) is 117 cm³/mol. The summed E-state index contributed by atoms with van der Waals surface area (Å²) in [4.78, 5) is 12.7. The highest BCUT2D eigenvalue weighted by molar-refractivity contribution is 9.10. The summed E-state index contributed by atoms with van der Waals surface area (Å²) >= 11 is 3.59. The van der Waals surface area contributed by atoms with E-state index in [0.717, 1.165) is 57.7 Å². The molecule has 0 saturated carbocycles. The molecule has 6 nitrogen and oxygen atoms in total. The summed E-state index contributed by atoms with van der Waals surface area (Å²) < 4.78 is 1.05. The molecule has 1 saturated heterocycles. The van der Waals surface area contributed by atoms with Crippen LogP contribution in [0.2, 0.25) is 0 Å². The third-order valence-corrected chi connectivity index (χ3v) is 6.32. The fourth-order valence-corrected chi connectivity index (χ4v) is 4.93. The fraction of sp³-hybridized carbons (Fsp3) is 0.318. The van der Waals surface area contributed by atoms with Gasteiger partial charge in [0.15, 0.2) is 0 Å². The Morgan fingerprint density at radius 1 is 1.17 bits per heavy atom. The average molecular weight is 450 g/mol. The van der Waals surface area contributed by atoms with Crippen LogP contribution in [0.25, 0.3) is 16.7 Å². The van der Waals surface area contributed by atoms with Crippen molar-refractivity contribution in [3.63, 3.8) is 0 Å². The zero-order valence-corrected chi connectivity index (χ0v) is 18.3. The third kappa shape index (κ3) is 2.95. The summed E-state index contributed by atoms with van der Waals surface area (Å²) in [6.45, 7) is 7.42. The zero-order chi connectivity index (χ0) is 20.2. The number of aryl methyl sites for hydroxylation is 2. The van der Waals surface area contributed by atoms with Crippen LogP contribution in [0.1, 0.15) is 36.7 Å². The number of fused-ring (bicyclic) bond motifs is 1. The highest BCUT2D eigenvalue weighted by atomic mass is 79.9. The van der Waals surface area contributed by atoms with Gasteiger partial charge in [0.2, 0.25) is 0 Å². The van der Waals surface area contributed by atoms with Gasteiger partial charge in [0.25, 0.3) is 0 Å². The van der Waals surface area contributed by atoms with E-state index in [1.807, 2.05) is 6.07 Å². The number of anilines is 1. The van der Waals surface area contributed by atoms with Crippen LogP contribution >= 0.6 is 15.9 Å². The number of halogens is 1. The SMILES string of the molecule is Cc1c[c]c(-n2nccn2)c(N2CCC[C@@]2(C)c2nc3cc(Br)cc(C)c3[nH]2)c1. The van der Waals surface area contributed by atoms with Gasteiger partial charge in [-0.2, -0.15) is 10.2 Å². The molecule has 1 N–H and O–H groups in total. The molecule has 1 aliphatic rings. The molecule has 5 rings (SSSR count). The Bertz CT molecular complexity index is 1200. The van der Waals surface area contributed by atoms with Gasteiger partial charge in [-0.1, -0.05) is 15.9 Å². The Hall–Kier alpha value is -2.67. The largest absolute Gasteiger partial charge is 0.357 e. The van der Waals surface area contributed by atoms with Crippen LogP contribution in [-0.4, -0.2) is 31.5 Å². The molecular weight excluding hydrogens is 428 g/mol. The van der Waals surface area contributed by atoms with E-state index in [4.69, 9.17) is 4.98 Å². The van der Waals surface area contributed by atoms with Gasteiger partial charge >= 0.3 is 0 Å². The van der Waals surface area contributed by atoms with Gasteiger partial charge < -0.3 is 9.88 Å². The minimum Gasteiger partial charge on any atom is -0.357 e. The van der Waals surface area contributed by atoms with Crippen LogP contribution < -0.4 is 4.90 Å². The molecule has 0 aliphatic carbocycles. The lowest BCUT2D eigenvalue weighted by Crippen LogP contribution is -2.40. The molecule has 1 atom stereocenters. The summed E-state index contributed by atoms with van der Waals surface area (Å²) in [5, 5.41) is 8.69. The monoisotopic (exact) mass is 449 g/mol. The van der Waals surface area contributed by atoms with Crippen LogP contribution in [-0.2, 0) is 5.54 Å². The first-order valence-electron chi connectivity index (χ1n) is 9.79. The van der Waals surface area contributed by atoms with Crippen molar-refractivity contribution < 1.29 is 0 Å². The molecule has 0 amide bonds. The van der Waals surface area contributed by atoms with Crippen LogP contribution in [0.5, 0.6) is 0 Å². The second-order valence-corrected chi connectivity index (χ2v) is 8.88. The van der Waals surface area contributed by atoms with Gasteiger partial charge in [-0.25, -0.2) is 4.98 Å². The van der Waals surface area contributed by atoms with Crippen LogP contribution in [0.4, 0.5) is 5.69 Å². The van der Waals surface area contributed by atoms with Crippen molar-refractivity contribution in [2.75, 3.05) is 11.4 Å². The molecule has 0 spiro atoms. The Labute approximate surface area is 178 Å². The molecule has 0 unspecified atom stereocenters. The number of hydrogen-bond acceptors (Lipinski definition) is 4. The van der Waals surface area contributed by atoms with Crippen molar-refractivity contribution >= 4 is 32.7 Å². The van der Waals surface area contributed by atoms with Crippen molar-refractivity contribution in [1.82, 2.24) is 25.0 Å². The molecule has 147 valence electrons. The number of imidazole rings is 1. The molecule has 1 radical (unpaired) electrons. The van der Waals surface area contributed by atoms with Crippen molar-refractivity contribution in [1.29, 1.82) is 0 Å². The van der Waals surface area contributed by atoms with Crippen LogP contribution in [0, 0.1) is 19.9 Å². The van der Waals surface area contributed by atoms with Crippen molar-refractivity contribution in [2.45, 2.75) is 39.2 Å². The fourth-order valence-electron chi connectivity index (χ4n) is 4.37. The lowest BCUT2D eigenvalue weighted by Gasteiger charge is -2.36. The first-order chi connectivity index (χ1) is 14.0. The first-order valence-corrected chi connectivity index (χ1v) is 10.6. The molecule has 2 aromatic heterocycles. The minimum absolute atomic E-state index is 0.249. The van der Waals surface area contributed by atoms with Crippen molar-refractivity contribution in [2.24, 2.45) is 0 Å². The van der Waals surface area contributed by atoms with E-state index in [9.17, 15) is 0 Å². The van der Waals surface area contributed by atoms with Gasteiger partial charge in [-0.3, -0.25) is 0 Å². The van der Waals surface area contributed by atoms with E-state index >= 15 is 0 Å². The second-order valence-electron chi connectivity index (χ2n) is 7.96. The molecule has 0 bridgehead atoms. The Morgan fingerprint density at radius 2 is 1.97 bits per heavy atom. The van der Waals surface area contributed by atoms with Gasteiger partial charge in [-0.05, 0) is 69.0 Å². The second kappa shape index (κ2) is 6.69. The van der Waals surface area contributed by atoms with E-state index < -0.39 is 0 Å². The number of nitrogens with one attached hydrogen (secondary N) is 1. The van der Waals surface area contributed by atoms with E-state index in [0.29, 0.717) is 0 Å². The van der Waals surface area contributed by atoms with E-state index in [1.54, 1.807) is 17.2 Å². The predicted octanol–water partition coefficient (Wildman–Crippen LogP) is 4.84. The van der Waals surface area contributed by atoms with E-state index in [2.05, 4.69) is 81.0 Å². The smallest absolute Gasteiger partial charge is 0.132 e. The van der Waals surface area contributed by atoms with Gasteiger partial charge in [0.05, 0.1) is 34.7 Å². The molecule has 29 heavy (non-hydrogen) atoms. The van der Waals surface area contributed by atoms with Crippen molar-refractivity contribution in [3.8, 4) is 5.69 Å². The highest BCUT2D eigenvalue weighted by Crippen LogP contribution is 2.43. The lowest BCUT2D eigenvalue weighted by molar-refractivity contribution is 0.466. The standard InChI is InChI=1S/C22H22BrN6/c1-14-5-6-18(29-24-8-9-25-29)19(11-14)28-10-4-7-22(28,3)21-26-17-13-16(23)12-15(2)20(17)27-21/h5,8-9,11-13H,4,7,10H2,1-3H3,(H,26,27)/t22-/m0/s1. The van der Waals surface area contributed by atoms with Gasteiger partial charge in [0.1, 0.15) is 11.5 Å². The molecule has 3 heterocycles. The van der Waals surface area contributed by atoms with Crippen LogP contribution in [0.3, 0.4) is 0 Å². The Morgan fingerprint density at radius 3 is 2.76 bits per heavy atom. The number of rotatable bonds is 3. The molecule has 1 aliphatic heterocycles. The normalized spacial score (nSPS) is 19.4. The molecule has 2 aromatic carbocycles. The topological polar surface area (TPSA) is 62.6 Å². The van der Waals surface area contributed by atoms with Crippen LogP contribution in [0.15, 0.2) is 41.1 Å². The zero-order valence-electron chi connectivity index (χ0n) is 16.7. The lowest BCUT2D eigenvalue weighted by atomic mass is 9.97. The number of benzene rings is 2. The third-order valence-electron chi connectivity index (χ3n) is 5.86. The molecule has 7 heteroatoms. The van der Waals surface area contributed by atoms with Gasteiger partial charge in [0, 0.05) is 17.1 Å². The number of nitrogens with zero attached hydrogens (tertiary/aromatic N) is 5.